The van der Waals surface area contributed by atoms with Gasteiger partial charge in [0.25, 0.3) is 17.4 Å². The Morgan fingerprint density at radius 3 is 2.51 bits per heavy atom. The number of carbonyl (C=O) groups is 2. The van der Waals surface area contributed by atoms with E-state index in [-0.39, 0.29) is 17.4 Å². The Hall–Kier alpha value is -4.96. The van der Waals surface area contributed by atoms with Crippen LogP contribution >= 0.6 is 0 Å². The quantitative estimate of drug-likeness (QED) is 0.370. The summed E-state index contributed by atoms with van der Waals surface area (Å²) in [7, 11) is 5.69. The van der Waals surface area contributed by atoms with E-state index in [1.165, 1.54) is 10.8 Å². The minimum Gasteiger partial charge on any atom is -0.378 e. The van der Waals surface area contributed by atoms with Crippen molar-refractivity contribution in [2.45, 2.75) is 6.42 Å². The summed E-state index contributed by atoms with van der Waals surface area (Å²) >= 11 is 0. The monoisotopic (exact) mass is 578 g/mol. The van der Waals surface area contributed by atoms with Crippen LogP contribution in [0.15, 0.2) is 77.9 Å². The van der Waals surface area contributed by atoms with Gasteiger partial charge < -0.3 is 29.3 Å². The highest BCUT2D eigenvalue weighted by Gasteiger charge is 2.26. The summed E-state index contributed by atoms with van der Waals surface area (Å²) in [6.45, 7) is 2.75. The molecule has 2 aliphatic rings. The van der Waals surface area contributed by atoms with Crippen LogP contribution < -0.4 is 20.7 Å². The maximum absolute atomic E-state index is 13.5. The molecule has 4 aromatic rings. The molecule has 220 valence electrons. The molecular weight excluding hydrogens is 544 g/mol. The van der Waals surface area contributed by atoms with Gasteiger partial charge in [0.05, 0.1) is 18.8 Å². The smallest absolute Gasteiger partial charge is 0.274 e. The van der Waals surface area contributed by atoms with Crippen molar-refractivity contribution >= 4 is 34.7 Å². The number of fused-ring (bicyclic) bond motifs is 1. The molecule has 43 heavy (non-hydrogen) atoms. The van der Waals surface area contributed by atoms with Crippen molar-refractivity contribution in [1.29, 1.82) is 0 Å². The first-order valence-corrected chi connectivity index (χ1v) is 14.3. The molecule has 2 aromatic carbocycles. The molecule has 2 amide bonds. The van der Waals surface area contributed by atoms with E-state index in [0.29, 0.717) is 49.9 Å². The van der Waals surface area contributed by atoms with Crippen LogP contribution in [0.4, 0.5) is 22.9 Å². The van der Waals surface area contributed by atoms with Crippen LogP contribution in [0.5, 0.6) is 0 Å². The van der Waals surface area contributed by atoms with Crippen LogP contribution in [0.2, 0.25) is 0 Å². The lowest BCUT2D eigenvalue weighted by Crippen LogP contribution is -2.40. The Kier molecular flexibility index (Phi) is 7.69. The van der Waals surface area contributed by atoms with Crippen LogP contribution in [-0.2, 0) is 18.2 Å². The minimum absolute atomic E-state index is 0.0202. The van der Waals surface area contributed by atoms with Crippen LogP contribution in [0.3, 0.4) is 0 Å². The number of benzene rings is 2. The first-order chi connectivity index (χ1) is 20.8. The summed E-state index contributed by atoms with van der Waals surface area (Å²) in [6, 6.07) is 19.0. The zero-order chi connectivity index (χ0) is 30.1. The second kappa shape index (κ2) is 11.7. The van der Waals surface area contributed by atoms with Crippen LogP contribution in [0.1, 0.15) is 26.3 Å². The first kappa shape index (κ1) is 28.2. The van der Waals surface area contributed by atoms with E-state index in [4.69, 9.17) is 4.74 Å². The second-order valence-electron chi connectivity index (χ2n) is 11.0. The van der Waals surface area contributed by atoms with Gasteiger partial charge in [0.1, 0.15) is 11.5 Å². The van der Waals surface area contributed by atoms with Crippen LogP contribution in [-0.4, -0.2) is 73.2 Å². The third-order valence-corrected chi connectivity index (χ3v) is 7.93. The molecule has 1 N–H and O–H groups in total. The van der Waals surface area contributed by atoms with E-state index < -0.39 is 0 Å². The van der Waals surface area contributed by atoms with Crippen LogP contribution in [0.25, 0.3) is 11.1 Å². The third kappa shape index (κ3) is 5.74. The van der Waals surface area contributed by atoms with E-state index in [9.17, 15) is 14.4 Å². The lowest BCUT2D eigenvalue weighted by molar-refractivity contribution is 0.0302. The Labute approximate surface area is 250 Å². The summed E-state index contributed by atoms with van der Waals surface area (Å²) in [6.07, 6.45) is 4.07. The lowest BCUT2D eigenvalue weighted by atomic mass is 9.97. The molecule has 6 rings (SSSR count). The number of amides is 2. The fourth-order valence-corrected chi connectivity index (χ4v) is 5.49. The maximum Gasteiger partial charge on any atom is 0.274 e. The van der Waals surface area contributed by atoms with Crippen molar-refractivity contribution in [3.63, 3.8) is 0 Å². The fourth-order valence-electron chi connectivity index (χ4n) is 5.49. The Balaban J connectivity index is 1.23. The summed E-state index contributed by atoms with van der Waals surface area (Å²) in [5.41, 5.74) is 5.97. The van der Waals surface area contributed by atoms with Gasteiger partial charge in [-0.05, 0) is 66.1 Å². The summed E-state index contributed by atoms with van der Waals surface area (Å²) < 4.78 is 6.85. The number of aromatic nitrogens is 2. The van der Waals surface area contributed by atoms with E-state index in [0.717, 1.165) is 40.0 Å². The summed E-state index contributed by atoms with van der Waals surface area (Å²) in [4.78, 5) is 49.3. The number of morpholine rings is 1. The van der Waals surface area contributed by atoms with E-state index in [1.54, 1.807) is 36.3 Å². The zero-order valence-corrected chi connectivity index (χ0v) is 24.5. The predicted molar refractivity (Wildman–Crippen MR) is 168 cm³/mol. The Morgan fingerprint density at radius 2 is 1.77 bits per heavy atom. The van der Waals surface area contributed by atoms with Gasteiger partial charge in [-0.2, -0.15) is 0 Å². The largest absolute Gasteiger partial charge is 0.378 e. The van der Waals surface area contributed by atoms with Crippen LogP contribution in [0, 0.1) is 0 Å². The lowest BCUT2D eigenvalue weighted by Gasteiger charge is -2.30. The number of hydrogen-bond donors (Lipinski definition) is 1. The molecule has 2 aliphatic heterocycles. The number of rotatable bonds is 6. The van der Waals surface area contributed by atoms with Crippen molar-refractivity contribution in [3.05, 3.63) is 100 Å². The van der Waals surface area contributed by atoms with E-state index in [1.807, 2.05) is 60.3 Å². The summed E-state index contributed by atoms with van der Waals surface area (Å²) in [5.74, 6) is 0.346. The molecule has 2 aromatic heterocycles. The SMILES string of the molecule is CN(C)c1ccc2c(c1)CCN(c1cccc(-c3cc(Nc4ccc(C(=O)N5CCOCC5)cn4)c(=O)n(C)c3)c1)C2=O. The number of nitrogens with one attached hydrogen (secondary N) is 1. The fraction of sp³-hybridized carbons (Fsp3) is 0.273. The molecule has 0 bridgehead atoms. The van der Waals surface area contributed by atoms with Gasteiger partial charge in [-0.15, -0.1) is 0 Å². The molecule has 0 saturated carbocycles. The molecule has 0 radical (unpaired) electrons. The highest BCUT2D eigenvalue weighted by Crippen LogP contribution is 2.31. The molecule has 10 heteroatoms. The molecule has 0 aliphatic carbocycles. The van der Waals surface area contributed by atoms with Gasteiger partial charge in [0.15, 0.2) is 0 Å². The molecule has 1 fully saturated rings. The molecule has 10 nitrogen and oxygen atoms in total. The number of pyridine rings is 2. The molecule has 1 saturated heterocycles. The average molecular weight is 579 g/mol. The standard InChI is InChI=1S/C33H34N6O4/c1-36(2)26-8-9-28-23(18-26)11-12-39(32(28)41)27-6-4-5-22(17-27)25-19-29(33(42)37(3)21-25)35-30-10-7-24(20-34-30)31(40)38-13-15-43-16-14-38/h4-10,17-21H,11-16H2,1-3H3,(H,34,35). The number of anilines is 4. The Bertz CT molecular complexity index is 1740. The first-order valence-electron chi connectivity index (χ1n) is 14.3. The van der Waals surface area contributed by atoms with Gasteiger partial charge in [-0.25, -0.2) is 4.98 Å². The summed E-state index contributed by atoms with van der Waals surface area (Å²) in [5, 5.41) is 3.12. The maximum atomic E-state index is 13.5. The second-order valence-corrected chi connectivity index (χ2v) is 11.0. The normalized spacial score (nSPS) is 14.8. The minimum atomic E-state index is -0.213. The van der Waals surface area contributed by atoms with Crippen molar-refractivity contribution in [3.8, 4) is 11.1 Å². The van der Waals surface area contributed by atoms with E-state index in [2.05, 4.69) is 16.4 Å². The van der Waals surface area contributed by atoms with E-state index >= 15 is 0 Å². The van der Waals surface area contributed by atoms with Gasteiger partial charge in [0, 0.05) is 75.7 Å². The highest BCUT2D eigenvalue weighted by atomic mass is 16.5. The topological polar surface area (TPSA) is 100 Å². The number of aryl methyl sites for hydroxylation is 1. The average Bonchev–Trinajstić information content (AvgIpc) is 3.03. The third-order valence-electron chi connectivity index (χ3n) is 7.93. The number of nitrogens with zero attached hydrogens (tertiary/aromatic N) is 5. The molecule has 0 spiro atoms. The predicted octanol–water partition coefficient (Wildman–Crippen LogP) is 3.93. The molecule has 0 atom stereocenters. The van der Waals surface area contributed by atoms with Gasteiger partial charge in [-0.1, -0.05) is 12.1 Å². The molecule has 4 heterocycles. The van der Waals surface area contributed by atoms with Crippen molar-refractivity contribution in [2.24, 2.45) is 7.05 Å². The van der Waals surface area contributed by atoms with Crippen molar-refractivity contribution in [1.82, 2.24) is 14.5 Å². The zero-order valence-electron chi connectivity index (χ0n) is 24.5. The highest BCUT2D eigenvalue weighted by molar-refractivity contribution is 6.08. The number of ether oxygens (including phenoxy) is 1. The van der Waals surface area contributed by atoms with Crippen molar-refractivity contribution in [2.75, 3.05) is 62.1 Å². The Morgan fingerprint density at radius 1 is 0.953 bits per heavy atom. The van der Waals surface area contributed by atoms with Gasteiger partial charge >= 0.3 is 0 Å². The molecular formula is C33H34N6O4. The number of hydrogen-bond acceptors (Lipinski definition) is 7. The van der Waals surface area contributed by atoms with Crippen molar-refractivity contribution < 1.29 is 14.3 Å². The molecule has 0 unspecified atom stereocenters. The van der Waals surface area contributed by atoms with Gasteiger partial charge in [-0.3, -0.25) is 14.4 Å². The van der Waals surface area contributed by atoms with Gasteiger partial charge in [0.2, 0.25) is 0 Å². The number of carbonyl (C=O) groups excluding carboxylic acids is 2.